The van der Waals surface area contributed by atoms with Crippen LogP contribution in [-0.4, -0.2) is 30.2 Å². The van der Waals surface area contributed by atoms with Crippen molar-refractivity contribution in [3.8, 4) is 11.5 Å². The molecule has 0 bridgehead atoms. The molecular formula is C18H27NO2. The van der Waals surface area contributed by atoms with E-state index in [1.807, 2.05) is 6.07 Å². The molecule has 1 fully saturated rings. The van der Waals surface area contributed by atoms with E-state index in [1.165, 1.54) is 36.9 Å². The number of rotatable bonds is 3. The number of phenolic OH excluding ortho intramolecular Hbond substituents is 1. The van der Waals surface area contributed by atoms with Crippen LogP contribution in [0.25, 0.3) is 0 Å². The number of hydrogen-bond donors (Lipinski definition) is 1. The van der Waals surface area contributed by atoms with Crippen LogP contribution < -0.4 is 4.74 Å². The quantitative estimate of drug-likeness (QED) is 0.919. The predicted octanol–water partition coefficient (Wildman–Crippen LogP) is 3.76. The molecule has 116 valence electrons. The summed E-state index contributed by atoms with van der Waals surface area (Å²) in [7, 11) is 1.63. The zero-order valence-electron chi connectivity index (χ0n) is 13.4. The number of fused-ring (bicyclic) bond motifs is 3. The van der Waals surface area contributed by atoms with Gasteiger partial charge in [-0.3, -0.25) is 4.90 Å². The highest BCUT2D eigenvalue weighted by Gasteiger charge is 2.34. The molecule has 0 saturated carbocycles. The summed E-state index contributed by atoms with van der Waals surface area (Å²) >= 11 is 0. The summed E-state index contributed by atoms with van der Waals surface area (Å²) < 4.78 is 5.30. The predicted molar refractivity (Wildman–Crippen MR) is 84.9 cm³/mol. The summed E-state index contributed by atoms with van der Waals surface area (Å²) in [4.78, 5) is 2.65. The molecule has 3 heteroatoms. The average Bonchev–Trinajstić information content (AvgIpc) is 2.45. The molecule has 1 N–H and O–H groups in total. The highest BCUT2D eigenvalue weighted by atomic mass is 16.5. The second-order valence-electron chi connectivity index (χ2n) is 7.06. The molecule has 3 rings (SSSR count). The maximum Gasteiger partial charge on any atom is 0.160 e. The van der Waals surface area contributed by atoms with E-state index in [9.17, 15) is 5.11 Å². The Balaban J connectivity index is 1.81. The number of hydrogen-bond acceptors (Lipinski definition) is 3. The van der Waals surface area contributed by atoms with Gasteiger partial charge in [-0.25, -0.2) is 0 Å². The minimum atomic E-state index is 0.276. The standard InChI is InChI=1S/C18H27NO2/c1-12(2)8-13-4-5-16-15-10-18(21-3)17(20)9-14(15)6-7-19(16)11-13/h9-10,12-13,16,20H,4-8,11H2,1-3H3. The molecule has 1 aromatic carbocycles. The molecule has 21 heavy (non-hydrogen) atoms. The molecule has 1 saturated heterocycles. The number of aromatic hydroxyl groups is 1. The Morgan fingerprint density at radius 2 is 2.14 bits per heavy atom. The van der Waals surface area contributed by atoms with Crippen LogP contribution in [0.15, 0.2) is 12.1 Å². The summed E-state index contributed by atoms with van der Waals surface area (Å²) in [6, 6.07) is 4.49. The first-order valence-electron chi connectivity index (χ1n) is 8.22. The molecule has 3 nitrogen and oxygen atoms in total. The number of benzene rings is 1. The van der Waals surface area contributed by atoms with Crippen molar-refractivity contribution in [3.63, 3.8) is 0 Å². The zero-order chi connectivity index (χ0) is 15.0. The fraction of sp³-hybridized carbons (Fsp3) is 0.667. The van der Waals surface area contributed by atoms with Gasteiger partial charge in [0.2, 0.25) is 0 Å². The number of nitrogens with zero attached hydrogens (tertiary/aromatic N) is 1. The van der Waals surface area contributed by atoms with E-state index in [1.54, 1.807) is 7.11 Å². The molecule has 0 amide bonds. The lowest BCUT2D eigenvalue weighted by atomic mass is 9.81. The molecule has 2 aliphatic heterocycles. The Kier molecular flexibility index (Phi) is 4.12. The lowest BCUT2D eigenvalue weighted by molar-refractivity contribution is 0.0894. The van der Waals surface area contributed by atoms with E-state index in [-0.39, 0.29) is 5.75 Å². The molecule has 2 aliphatic rings. The van der Waals surface area contributed by atoms with E-state index in [4.69, 9.17) is 4.74 Å². The fourth-order valence-electron chi connectivity index (χ4n) is 4.17. The summed E-state index contributed by atoms with van der Waals surface area (Å²) in [5.41, 5.74) is 2.68. The van der Waals surface area contributed by atoms with Gasteiger partial charge in [0.1, 0.15) is 0 Å². The van der Waals surface area contributed by atoms with Crippen LogP contribution in [0.1, 0.15) is 50.3 Å². The van der Waals surface area contributed by atoms with Crippen LogP contribution in [0, 0.1) is 11.8 Å². The van der Waals surface area contributed by atoms with Gasteiger partial charge in [0, 0.05) is 19.1 Å². The number of phenols is 1. The van der Waals surface area contributed by atoms with Crippen molar-refractivity contribution >= 4 is 0 Å². The van der Waals surface area contributed by atoms with Gasteiger partial charge >= 0.3 is 0 Å². The molecule has 0 aliphatic carbocycles. The van der Waals surface area contributed by atoms with Gasteiger partial charge in [0.15, 0.2) is 11.5 Å². The van der Waals surface area contributed by atoms with Gasteiger partial charge in [-0.05, 0) is 60.8 Å². The van der Waals surface area contributed by atoms with Crippen molar-refractivity contribution in [1.29, 1.82) is 0 Å². The lowest BCUT2D eigenvalue weighted by Gasteiger charge is -2.44. The monoisotopic (exact) mass is 289 g/mol. The summed E-state index contributed by atoms with van der Waals surface area (Å²) in [5.74, 6) is 2.53. The Morgan fingerprint density at radius 1 is 1.33 bits per heavy atom. The van der Waals surface area contributed by atoms with Gasteiger partial charge < -0.3 is 9.84 Å². The van der Waals surface area contributed by atoms with Crippen LogP contribution in [-0.2, 0) is 6.42 Å². The average molecular weight is 289 g/mol. The Bertz CT molecular complexity index is 512. The van der Waals surface area contributed by atoms with Crippen molar-refractivity contribution in [3.05, 3.63) is 23.3 Å². The van der Waals surface area contributed by atoms with Crippen molar-refractivity contribution in [2.75, 3.05) is 20.2 Å². The molecule has 0 aromatic heterocycles. The van der Waals surface area contributed by atoms with Crippen molar-refractivity contribution in [2.45, 2.75) is 45.6 Å². The second kappa shape index (κ2) is 5.88. The Labute approximate surface area is 127 Å². The van der Waals surface area contributed by atoms with Gasteiger partial charge in [0.05, 0.1) is 7.11 Å². The number of ether oxygens (including phenoxy) is 1. The molecule has 1 aromatic rings. The maximum absolute atomic E-state index is 9.97. The molecule has 0 radical (unpaired) electrons. The van der Waals surface area contributed by atoms with E-state index in [2.05, 4.69) is 24.8 Å². The van der Waals surface area contributed by atoms with Crippen LogP contribution in [0.4, 0.5) is 0 Å². The number of piperidine rings is 1. The largest absolute Gasteiger partial charge is 0.504 e. The van der Waals surface area contributed by atoms with Gasteiger partial charge in [-0.15, -0.1) is 0 Å². The zero-order valence-corrected chi connectivity index (χ0v) is 13.4. The maximum atomic E-state index is 9.97. The third kappa shape index (κ3) is 2.89. The van der Waals surface area contributed by atoms with E-state index >= 15 is 0 Å². The summed E-state index contributed by atoms with van der Waals surface area (Å²) in [6.07, 6.45) is 4.94. The molecule has 2 heterocycles. The first kappa shape index (κ1) is 14.7. The molecule has 2 atom stereocenters. The van der Waals surface area contributed by atoms with Crippen LogP contribution in [0.5, 0.6) is 11.5 Å². The van der Waals surface area contributed by atoms with Crippen molar-refractivity contribution in [1.82, 2.24) is 4.90 Å². The third-order valence-electron chi connectivity index (χ3n) is 5.05. The van der Waals surface area contributed by atoms with E-state index in [0.717, 1.165) is 24.8 Å². The van der Waals surface area contributed by atoms with Crippen LogP contribution in [0.2, 0.25) is 0 Å². The first-order valence-corrected chi connectivity index (χ1v) is 8.22. The highest BCUT2D eigenvalue weighted by Crippen LogP contribution is 2.43. The summed E-state index contributed by atoms with van der Waals surface area (Å²) in [6.45, 7) is 7.00. The normalized spacial score (nSPS) is 25.5. The van der Waals surface area contributed by atoms with E-state index in [0.29, 0.717) is 11.8 Å². The lowest BCUT2D eigenvalue weighted by Crippen LogP contribution is -2.42. The minimum absolute atomic E-state index is 0.276. The van der Waals surface area contributed by atoms with Crippen molar-refractivity contribution < 1.29 is 9.84 Å². The SMILES string of the molecule is COc1cc2c(cc1O)CCN1CC(CC(C)C)CCC21. The molecule has 0 spiro atoms. The number of methoxy groups -OCH3 is 1. The van der Waals surface area contributed by atoms with Gasteiger partial charge in [-0.2, -0.15) is 0 Å². The second-order valence-corrected chi connectivity index (χ2v) is 7.06. The molecular weight excluding hydrogens is 262 g/mol. The van der Waals surface area contributed by atoms with Gasteiger partial charge in [0.25, 0.3) is 0 Å². The van der Waals surface area contributed by atoms with E-state index < -0.39 is 0 Å². The fourth-order valence-corrected chi connectivity index (χ4v) is 4.17. The highest BCUT2D eigenvalue weighted by molar-refractivity contribution is 5.48. The smallest absolute Gasteiger partial charge is 0.160 e. The van der Waals surface area contributed by atoms with Crippen LogP contribution in [0.3, 0.4) is 0 Å². The van der Waals surface area contributed by atoms with Crippen molar-refractivity contribution in [2.24, 2.45) is 11.8 Å². The van der Waals surface area contributed by atoms with Gasteiger partial charge in [-0.1, -0.05) is 13.8 Å². The topological polar surface area (TPSA) is 32.7 Å². The summed E-state index contributed by atoms with van der Waals surface area (Å²) in [5, 5.41) is 9.97. The Hall–Kier alpha value is -1.22. The van der Waals surface area contributed by atoms with Crippen LogP contribution >= 0.6 is 0 Å². The Morgan fingerprint density at radius 3 is 2.86 bits per heavy atom. The first-order chi connectivity index (χ1) is 10.1. The minimum Gasteiger partial charge on any atom is -0.504 e. The molecule has 2 unspecified atom stereocenters. The third-order valence-corrected chi connectivity index (χ3v) is 5.05.